The van der Waals surface area contributed by atoms with Crippen LogP contribution in [-0.4, -0.2) is 34.1 Å². The first kappa shape index (κ1) is 13.3. The highest BCUT2D eigenvalue weighted by Gasteiger charge is 2.35. The van der Waals surface area contributed by atoms with Gasteiger partial charge in [0.2, 0.25) is 5.88 Å². The Morgan fingerprint density at radius 2 is 1.89 bits per heavy atom. The van der Waals surface area contributed by atoms with Crippen molar-refractivity contribution in [2.75, 3.05) is 13.1 Å². The fraction of sp³-hybridized carbons (Fsp3) is 0.667. The van der Waals surface area contributed by atoms with Crippen LogP contribution in [0.2, 0.25) is 0 Å². The molecule has 1 aromatic heterocycles. The molecule has 3 heteroatoms. The van der Waals surface area contributed by atoms with Crippen LogP contribution in [0.15, 0.2) is 24.4 Å². The van der Waals surface area contributed by atoms with Crippen LogP contribution in [0.25, 0.3) is 0 Å². The number of hydrogen-bond donors (Lipinski definition) is 0. The molecule has 0 N–H and O–H groups in total. The maximum Gasteiger partial charge on any atom is 0.213 e. The second-order valence-electron chi connectivity index (χ2n) is 6.38. The van der Waals surface area contributed by atoms with Crippen molar-refractivity contribution in [2.24, 2.45) is 0 Å². The Kier molecular flexibility index (Phi) is 3.62. The highest BCUT2D eigenvalue weighted by Crippen LogP contribution is 2.30. The average Bonchev–Trinajstić information content (AvgIpc) is 2.29. The minimum absolute atomic E-state index is 0.0733. The molecule has 1 aromatic rings. The molecule has 3 nitrogen and oxygen atoms in total. The van der Waals surface area contributed by atoms with E-state index in [1.165, 1.54) is 0 Å². The monoisotopic (exact) mass is 248 g/mol. The van der Waals surface area contributed by atoms with Gasteiger partial charge in [-0.1, -0.05) is 6.07 Å². The van der Waals surface area contributed by atoms with E-state index in [-0.39, 0.29) is 11.1 Å². The van der Waals surface area contributed by atoms with Gasteiger partial charge in [0.1, 0.15) is 5.60 Å². The molecule has 2 rings (SSSR count). The molecule has 0 bridgehead atoms. The van der Waals surface area contributed by atoms with Crippen LogP contribution in [0.1, 0.15) is 40.5 Å². The maximum atomic E-state index is 6.07. The Hall–Kier alpha value is -1.09. The summed E-state index contributed by atoms with van der Waals surface area (Å²) in [6.45, 7) is 11.2. The van der Waals surface area contributed by atoms with Crippen LogP contribution >= 0.6 is 0 Å². The maximum absolute atomic E-state index is 6.07. The van der Waals surface area contributed by atoms with Gasteiger partial charge in [-0.25, -0.2) is 4.98 Å². The van der Waals surface area contributed by atoms with Gasteiger partial charge in [0.25, 0.3) is 0 Å². The standard InChI is InChI=1S/C15H24N2O/c1-14(2,3)17-11-8-15(4,9-12-17)18-13-7-5-6-10-16-13/h5-7,10H,8-9,11-12H2,1-4H3. The molecule has 0 atom stereocenters. The summed E-state index contributed by atoms with van der Waals surface area (Å²) in [5.41, 5.74) is 0.183. The third kappa shape index (κ3) is 3.22. The van der Waals surface area contributed by atoms with E-state index in [9.17, 15) is 0 Å². The molecular formula is C15H24N2O. The van der Waals surface area contributed by atoms with Crippen molar-refractivity contribution in [1.29, 1.82) is 0 Å². The summed E-state index contributed by atoms with van der Waals surface area (Å²) < 4.78 is 6.07. The van der Waals surface area contributed by atoms with Crippen molar-refractivity contribution < 1.29 is 4.74 Å². The highest BCUT2D eigenvalue weighted by atomic mass is 16.5. The van der Waals surface area contributed by atoms with Crippen molar-refractivity contribution in [2.45, 2.75) is 51.7 Å². The molecular weight excluding hydrogens is 224 g/mol. The fourth-order valence-corrected chi connectivity index (χ4v) is 2.41. The van der Waals surface area contributed by atoms with Crippen molar-refractivity contribution in [3.05, 3.63) is 24.4 Å². The lowest BCUT2D eigenvalue weighted by Gasteiger charge is -2.44. The second-order valence-corrected chi connectivity index (χ2v) is 6.38. The van der Waals surface area contributed by atoms with Gasteiger partial charge in [-0.05, 0) is 46.6 Å². The lowest BCUT2D eigenvalue weighted by Crippen LogP contribution is -2.52. The van der Waals surface area contributed by atoms with E-state index in [0.717, 1.165) is 31.8 Å². The molecule has 2 heterocycles. The number of piperidine rings is 1. The molecule has 100 valence electrons. The minimum Gasteiger partial charge on any atom is -0.471 e. The third-order valence-corrected chi connectivity index (χ3v) is 3.76. The molecule has 0 unspecified atom stereocenters. The summed E-state index contributed by atoms with van der Waals surface area (Å²) in [7, 11) is 0. The number of rotatable bonds is 2. The zero-order valence-corrected chi connectivity index (χ0v) is 11.9. The first-order valence-electron chi connectivity index (χ1n) is 6.74. The SMILES string of the molecule is CC1(Oc2ccccn2)CCN(C(C)(C)C)CC1. The predicted molar refractivity (Wildman–Crippen MR) is 73.8 cm³/mol. The molecule has 0 aliphatic carbocycles. The van der Waals surface area contributed by atoms with E-state index >= 15 is 0 Å². The number of nitrogens with zero attached hydrogens (tertiary/aromatic N) is 2. The van der Waals surface area contributed by atoms with Crippen LogP contribution in [0, 0.1) is 0 Å². The molecule has 0 saturated carbocycles. The lowest BCUT2D eigenvalue weighted by molar-refractivity contribution is -0.0134. The van der Waals surface area contributed by atoms with Crippen molar-refractivity contribution in [3.8, 4) is 5.88 Å². The highest BCUT2D eigenvalue weighted by molar-refractivity contribution is 5.11. The lowest BCUT2D eigenvalue weighted by atomic mass is 9.90. The molecule has 1 fully saturated rings. The Bertz CT molecular complexity index is 375. The van der Waals surface area contributed by atoms with Crippen LogP contribution < -0.4 is 4.74 Å². The Balaban J connectivity index is 1.95. The molecule has 1 aliphatic heterocycles. The van der Waals surface area contributed by atoms with Crippen molar-refractivity contribution in [3.63, 3.8) is 0 Å². The zero-order valence-electron chi connectivity index (χ0n) is 11.9. The summed E-state index contributed by atoms with van der Waals surface area (Å²) in [4.78, 5) is 6.77. The summed E-state index contributed by atoms with van der Waals surface area (Å²) in [6.07, 6.45) is 3.89. The number of likely N-dealkylation sites (tertiary alicyclic amines) is 1. The molecule has 1 saturated heterocycles. The number of hydrogen-bond acceptors (Lipinski definition) is 3. The summed E-state index contributed by atoms with van der Waals surface area (Å²) in [5.74, 6) is 0.740. The second kappa shape index (κ2) is 4.88. The van der Waals surface area contributed by atoms with Crippen LogP contribution in [0.3, 0.4) is 0 Å². The number of ether oxygens (including phenoxy) is 1. The van der Waals surface area contributed by atoms with Gasteiger partial charge in [-0.3, -0.25) is 4.90 Å². The summed E-state index contributed by atoms with van der Waals surface area (Å²) >= 11 is 0. The fourth-order valence-electron chi connectivity index (χ4n) is 2.41. The largest absolute Gasteiger partial charge is 0.471 e. The number of pyridine rings is 1. The molecule has 0 amide bonds. The van der Waals surface area contributed by atoms with Gasteiger partial charge < -0.3 is 4.74 Å². The van der Waals surface area contributed by atoms with E-state index in [0.29, 0.717) is 0 Å². The molecule has 1 aliphatic rings. The van der Waals surface area contributed by atoms with Crippen LogP contribution in [-0.2, 0) is 0 Å². The molecule has 18 heavy (non-hydrogen) atoms. The predicted octanol–water partition coefficient (Wildman–Crippen LogP) is 3.11. The summed E-state index contributed by atoms with van der Waals surface area (Å²) in [5, 5.41) is 0. The van der Waals surface area contributed by atoms with Gasteiger partial charge in [0.05, 0.1) is 0 Å². The smallest absolute Gasteiger partial charge is 0.213 e. The Labute approximate surface area is 110 Å². The van der Waals surface area contributed by atoms with Crippen molar-refractivity contribution in [1.82, 2.24) is 9.88 Å². The van der Waals surface area contributed by atoms with Crippen LogP contribution in [0.5, 0.6) is 5.88 Å². The van der Waals surface area contributed by atoms with E-state index in [1.807, 2.05) is 18.2 Å². The first-order chi connectivity index (χ1) is 8.39. The van der Waals surface area contributed by atoms with Gasteiger partial charge in [-0.15, -0.1) is 0 Å². The summed E-state index contributed by atoms with van der Waals surface area (Å²) in [6, 6.07) is 5.81. The zero-order chi connectivity index (χ0) is 13.2. The van der Waals surface area contributed by atoms with Gasteiger partial charge >= 0.3 is 0 Å². The average molecular weight is 248 g/mol. The van der Waals surface area contributed by atoms with E-state index < -0.39 is 0 Å². The van der Waals surface area contributed by atoms with Gasteiger partial charge in [0.15, 0.2) is 0 Å². The van der Waals surface area contributed by atoms with E-state index in [1.54, 1.807) is 6.20 Å². The third-order valence-electron chi connectivity index (χ3n) is 3.76. The van der Waals surface area contributed by atoms with Gasteiger partial charge in [-0.2, -0.15) is 0 Å². The van der Waals surface area contributed by atoms with Crippen molar-refractivity contribution >= 4 is 0 Å². The van der Waals surface area contributed by atoms with Gasteiger partial charge in [0, 0.05) is 30.9 Å². The first-order valence-corrected chi connectivity index (χ1v) is 6.74. The Morgan fingerprint density at radius 3 is 2.39 bits per heavy atom. The van der Waals surface area contributed by atoms with E-state index in [2.05, 4.69) is 37.6 Å². The van der Waals surface area contributed by atoms with E-state index in [4.69, 9.17) is 4.74 Å². The molecule has 0 spiro atoms. The van der Waals surface area contributed by atoms with Crippen LogP contribution in [0.4, 0.5) is 0 Å². The Morgan fingerprint density at radius 1 is 1.22 bits per heavy atom. The minimum atomic E-state index is -0.0733. The topological polar surface area (TPSA) is 25.4 Å². The number of aromatic nitrogens is 1. The molecule has 0 radical (unpaired) electrons. The molecule has 0 aromatic carbocycles. The normalized spacial score (nSPS) is 20.7. The quantitative estimate of drug-likeness (QED) is 0.804.